The summed E-state index contributed by atoms with van der Waals surface area (Å²) in [6.45, 7) is 13.6. The lowest BCUT2D eigenvalue weighted by molar-refractivity contribution is 0.172. The highest BCUT2D eigenvalue weighted by Crippen LogP contribution is 2.35. The zero-order valence-corrected chi connectivity index (χ0v) is 21.6. The lowest BCUT2D eigenvalue weighted by Gasteiger charge is -2.15. The van der Waals surface area contributed by atoms with E-state index in [1.807, 2.05) is 63.2 Å². The van der Waals surface area contributed by atoms with E-state index in [0.29, 0.717) is 23.7 Å². The van der Waals surface area contributed by atoms with E-state index in [2.05, 4.69) is 18.5 Å². The standard InChI is InChI=1S/C29H28FNO4.C2H6/c1-4-10-22(6-3)19-34-29(32)31-24-14-16-26(25(30)18-24)35-27-15-13-21(5-2)17-28(27)33-20-23-11-8-7-9-12-23;1-2/h4,6-18H,1,3,5,19-20H2,2H3,(H,31,32);1-2H3/b22-10+;. The molecule has 0 heterocycles. The largest absolute Gasteiger partial charge is 0.485 e. The van der Waals surface area contributed by atoms with E-state index in [-0.39, 0.29) is 18.0 Å². The molecule has 37 heavy (non-hydrogen) atoms. The van der Waals surface area contributed by atoms with Gasteiger partial charge in [0.1, 0.15) is 13.2 Å². The Balaban J connectivity index is 0.00000235. The van der Waals surface area contributed by atoms with Gasteiger partial charge in [-0.3, -0.25) is 5.32 Å². The van der Waals surface area contributed by atoms with Crippen molar-refractivity contribution in [1.82, 2.24) is 0 Å². The van der Waals surface area contributed by atoms with Crippen LogP contribution in [-0.2, 0) is 17.8 Å². The quantitative estimate of drug-likeness (QED) is 0.266. The van der Waals surface area contributed by atoms with E-state index in [1.165, 1.54) is 12.1 Å². The molecule has 1 amide bonds. The van der Waals surface area contributed by atoms with Gasteiger partial charge in [-0.15, -0.1) is 0 Å². The number of rotatable bonds is 11. The molecular weight excluding hydrogens is 469 g/mol. The van der Waals surface area contributed by atoms with Crippen molar-refractivity contribution < 1.29 is 23.4 Å². The van der Waals surface area contributed by atoms with E-state index in [0.717, 1.165) is 23.6 Å². The monoisotopic (exact) mass is 503 g/mol. The van der Waals surface area contributed by atoms with E-state index in [9.17, 15) is 9.18 Å². The van der Waals surface area contributed by atoms with E-state index in [1.54, 1.807) is 24.3 Å². The Morgan fingerprint density at radius 2 is 1.68 bits per heavy atom. The molecule has 0 saturated carbocycles. The summed E-state index contributed by atoms with van der Waals surface area (Å²) in [7, 11) is 0. The topological polar surface area (TPSA) is 56.8 Å². The number of halogens is 1. The molecule has 0 spiro atoms. The number of amides is 1. The number of ether oxygens (including phenoxy) is 3. The predicted octanol–water partition coefficient (Wildman–Crippen LogP) is 8.63. The number of anilines is 1. The maximum Gasteiger partial charge on any atom is 0.411 e. The van der Waals surface area contributed by atoms with E-state index >= 15 is 0 Å². The average Bonchev–Trinajstić information content (AvgIpc) is 2.93. The lowest BCUT2D eigenvalue weighted by atomic mass is 10.1. The number of hydrogen-bond donors (Lipinski definition) is 1. The summed E-state index contributed by atoms with van der Waals surface area (Å²) in [5.41, 5.74) is 2.99. The van der Waals surface area contributed by atoms with Gasteiger partial charge in [-0.2, -0.15) is 0 Å². The van der Waals surface area contributed by atoms with Crippen molar-refractivity contribution in [3.8, 4) is 17.2 Å². The van der Waals surface area contributed by atoms with Gasteiger partial charge in [-0.05, 0) is 47.4 Å². The molecule has 6 heteroatoms. The summed E-state index contributed by atoms with van der Waals surface area (Å²) in [6.07, 6.45) is 4.91. The van der Waals surface area contributed by atoms with Gasteiger partial charge >= 0.3 is 6.09 Å². The highest BCUT2D eigenvalue weighted by atomic mass is 19.1. The van der Waals surface area contributed by atoms with E-state index in [4.69, 9.17) is 14.2 Å². The third-order valence-electron chi connectivity index (χ3n) is 5.02. The fourth-order valence-electron chi connectivity index (χ4n) is 3.11. The number of carbonyl (C=O) groups excluding carboxylic acids is 1. The lowest BCUT2D eigenvalue weighted by Crippen LogP contribution is -2.15. The summed E-state index contributed by atoms with van der Waals surface area (Å²) in [5.74, 6) is 0.266. The van der Waals surface area contributed by atoms with Crippen LogP contribution in [0.25, 0.3) is 0 Å². The van der Waals surface area contributed by atoms with Gasteiger partial charge in [0, 0.05) is 11.8 Å². The first kappa shape index (κ1) is 28.9. The Kier molecular flexibility index (Phi) is 12.2. The minimum Gasteiger partial charge on any atom is -0.485 e. The molecule has 0 unspecified atom stereocenters. The fourth-order valence-corrected chi connectivity index (χ4v) is 3.11. The molecule has 1 N–H and O–H groups in total. The molecule has 0 aliphatic heterocycles. The van der Waals surface area contributed by atoms with Crippen LogP contribution in [0.4, 0.5) is 14.9 Å². The first-order chi connectivity index (χ1) is 18.0. The molecule has 5 nitrogen and oxygen atoms in total. The molecule has 0 saturated heterocycles. The van der Waals surface area contributed by atoms with Crippen LogP contribution in [0.15, 0.2) is 104 Å². The number of hydrogen-bond acceptors (Lipinski definition) is 4. The first-order valence-corrected chi connectivity index (χ1v) is 12.2. The molecule has 194 valence electrons. The fraction of sp³-hybridized carbons (Fsp3) is 0.194. The van der Waals surface area contributed by atoms with Crippen LogP contribution in [0.1, 0.15) is 31.9 Å². The van der Waals surface area contributed by atoms with Gasteiger partial charge in [-0.25, -0.2) is 9.18 Å². The minimum absolute atomic E-state index is 0.000543. The van der Waals surface area contributed by atoms with Crippen molar-refractivity contribution in [2.75, 3.05) is 11.9 Å². The minimum atomic E-state index is -0.721. The van der Waals surface area contributed by atoms with Crippen molar-refractivity contribution in [3.05, 3.63) is 121 Å². The molecule has 0 radical (unpaired) electrons. The van der Waals surface area contributed by atoms with Gasteiger partial charge in [-0.1, -0.05) is 88.6 Å². The smallest absolute Gasteiger partial charge is 0.411 e. The maximum atomic E-state index is 14.8. The van der Waals surface area contributed by atoms with Gasteiger partial charge in [0.2, 0.25) is 0 Å². The Hall–Kier alpha value is -4.32. The van der Waals surface area contributed by atoms with Crippen LogP contribution in [-0.4, -0.2) is 12.7 Å². The summed E-state index contributed by atoms with van der Waals surface area (Å²) in [5, 5.41) is 2.49. The molecule has 0 atom stereocenters. The number of benzene rings is 3. The maximum absolute atomic E-state index is 14.8. The van der Waals surface area contributed by atoms with Crippen molar-refractivity contribution in [2.45, 2.75) is 33.8 Å². The van der Waals surface area contributed by atoms with Gasteiger partial charge in [0.15, 0.2) is 23.1 Å². The van der Waals surface area contributed by atoms with Gasteiger partial charge in [0.05, 0.1) is 0 Å². The van der Waals surface area contributed by atoms with Crippen LogP contribution in [0.5, 0.6) is 17.2 Å². The summed E-state index contributed by atoms with van der Waals surface area (Å²) < 4.78 is 31.7. The number of carbonyl (C=O) groups is 1. The second-order valence-corrected chi connectivity index (χ2v) is 7.54. The van der Waals surface area contributed by atoms with Crippen LogP contribution in [0, 0.1) is 5.82 Å². The second-order valence-electron chi connectivity index (χ2n) is 7.54. The molecule has 0 aliphatic rings. The van der Waals surface area contributed by atoms with Gasteiger partial charge in [0.25, 0.3) is 0 Å². The number of nitrogens with one attached hydrogen (secondary N) is 1. The van der Waals surface area contributed by atoms with Crippen molar-refractivity contribution in [3.63, 3.8) is 0 Å². The van der Waals surface area contributed by atoms with Crippen LogP contribution < -0.4 is 14.8 Å². The average molecular weight is 504 g/mol. The molecule has 0 fully saturated rings. The first-order valence-electron chi connectivity index (χ1n) is 12.2. The molecule has 0 aromatic heterocycles. The zero-order valence-electron chi connectivity index (χ0n) is 21.6. The third kappa shape index (κ3) is 9.33. The van der Waals surface area contributed by atoms with E-state index < -0.39 is 11.9 Å². The number of aryl methyl sites for hydroxylation is 1. The molecule has 0 bridgehead atoms. The van der Waals surface area contributed by atoms with Crippen LogP contribution >= 0.6 is 0 Å². The summed E-state index contributed by atoms with van der Waals surface area (Å²) >= 11 is 0. The van der Waals surface area contributed by atoms with Crippen LogP contribution in [0.2, 0.25) is 0 Å². The SMILES string of the molecule is C=C/C=C(\C=C)COC(=O)Nc1ccc(Oc2ccc(CC)cc2OCc2ccccc2)c(F)c1.CC. The van der Waals surface area contributed by atoms with Gasteiger partial charge < -0.3 is 14.2 Å². The van der Waals surface area contributed by atoms with Crippen molar-refractivity contribution in [2.24, 2.45) is 0 Å². The van der Waals surface area contributed by atoms with Crippen molar-refractivity contribution in [1.29, 1.82) is 0 Å². The third-order valence-corrected chi connectivity index (χ3v) is 5.02. The molecule has 0 aliphatic carbocycles. The Bertz CT molecular complexity index is 1210. The second kappa shape index (κ2) is 15.6. The summed E-state index contributed by atoms with van der Waals surface area (Å²) in [4.78, 5) is 12.0. The molecule has 3 aromatic rings. The zero-order chi connectivity index (χ0) is 27.0. The van der Waals surface area contributed by atoms with Crippen LogP contribution in [0.3, 0.4) is 0 Å². The highest BCUT2D eigenvalue weighted by Gasteiger charge is 2.13. The molecule has 3 aromatic carbocycles. The predicted molar refractivity (Wildman–Crippen MR) is 148 cm³/mol. The summed E-state index contributed by atoms with van der Waals surface area (Å²) in [6, 6.07) is 19.4. The normalized spacial score (nSPS) is 10.4. The van der Waals surface area contributed by atoms with Crippen molar-refractivity contribution >= 4 is 11.8 Å². The molecule has 3 rings (SSSR count). The number of allylic oxidation sites excluding steroid dienone is 2. The Morgan fingerprint density at radius 1 is 0.946 bits per heavy atom. The molecular formula is C31H34FNO4. The highest BCUT2D eigenvalue weighted by molar-refractivity contribution is 5.84. The Labute approximate surface area is 218 Å². The Morgan fingerprint density at radius 3 is 2.32 bits per heavy atom.